The maximum atomic E-state index is 11.2. The number of hydrogen-bond acceptors (Lipinski definition) is 2. The van der Waals surface area contributed by atoms with Gasteiger partial charge in [0.2, 0.25) is 0 Å². The first kappa shape index (κ1) is 11.8. The van der Waals surface area contributed by atoms with Crippen molar-refractivity contribution in [3.63, 3.8) is 0 Å². The fourth-order valence-corrected chi connectivity index (χ4v) is 1.65. The van der Waals surface area contributed by atoms with Gasteiger partial charge in [-0.25, -0.2) is 4.98 Å². The second kappa shape index (κ2) is 5.53. The highest BCUT2D eigenvalue weighted by Crippen LogP contribution is 2.14. The largest absolute Gasteiger partial charge is 0.354 e. The van der Waals surface area contributed by atoms with Crippen LogP contribution in [0.4, 0.5) is 0 Å². The Morgan fingerprint density at radius 3 is 2.80 bits per heavy atom. The molecule has 4 heteroatoms. The van der Waals surface area contributed by atoms with E-state index in [4.69, 9.17) is 0 Å². The Morgan fingerprint density at radius 2 is 2.20 bits per heavy atom. The van der Waals surface area contributed by atoms with Gasteiger partial charge in [0.15, 0.2) is 0 Å². The second-order valence-electron chi connectivity index (χ2n) is 3.27. The van der Waals surface area contributed by atoms with Crippen LogP contribution >= 0.6 is 0 Å². The Labute approximate surface area is 90.7 Å². The van der Waals surface area contributed by atoms with Gasteiger partial charge in [-0.2, -0.15) is 0 Å². The van der Waals surface area contributed by atoms with Gasteiger partial charge in [0, 0.05) is 26.2 Å². The van der Waals surface area contributed by atoms with E-state index in [1.165, 1.54) is 12.8 Å². The first-order valence-corrected chi connectivity index (χ1v) is 5.59. The van der Waals surface area contributed by atoms with Crippen LogP contribution < -0.4 is 5.32 Å². The summed E-state index contributed by atoms with van der Waals surface area (Å²) >= 11 is 0. The lowest BCUT2D eigenvalue weighted by Crippen LogP contribution is -2.18. The third-order valence-corrected chi connectivity index (χ3v) is 2.37. The first-order valence-electron chi connectivity index (χ1n) is 5.59. The molecule has 0 radical (unpaired) electrons. The third kappa shape index (κ3) is 2.58. The molecular weight excluding hydrogens is 190 g/mol. The molecule has 0 atom stereocenters. The molecule has 0 unspecified atom stereocenters. The van der Waals surface area contributed by atoms with Gasteiger partial charge in [-0.15, -0.1) is 0 Å². The number of nitrogens with zero attached hydrogens (tertiary/aromatic N) is 2. The molecule has 1 N–H and O–H groups in total. The van der Waals surface area contributed by atoms with E-state index in [1.54, 1.807) is 7.05 Å². The fourth-order valence-electron chi connectivity index (χ4n) is 1.65. The zero-order valence-corrected chi connectivity index (χ0v) is 9.71. The van der Waals surface area contributed by atoms with E-state index in [9.17, 15) is 4.79 Å². The Hall–Kier alpha value is -1.32. The Kier molecular flexibility index (Phi) is 4.34. The van der Waals surface area contributed by atoms with Crippen LogP contribution in [0.15, 0.2) is 6.20 Å². The average molecular weight is 209 g/mol. The summed E-state index contributed by atoms with van der Waals surface area (Å²) < 4.78 is 2.08. The third-order valence-electron chi connectivity index (χ3n) is 2.37. The van der Waals surface area contributed by atoms with Crippen molar-refractivity contribution in [1.29, 1.82) is 0 Å². The summed E-state index contributed by atoms with van der Waals surface area (Å²) in [5.74, 6) is 0.951. The molecule has 2 rings (SSSR count). The number of fused-ring (bicyclic) bond motifs is 1. The number of carbonyl (C=O) groups excluding carboxylic acids is 1. The van der Waals surface area contributed by atoms with Gasteiger partial charge in [0.25, 0.3) is 5.91 Å². The smallest absolute Gasteiger partial charge is 0.271 e. The molecule has 15 heavy (non-hydrogen) atoms. The number of imidazole rings is 1. The second-order valence-corrected chi connectivity index (χ2v) is 3.27. The van der Waals surface area contributed by atoms with E-state index in [1.807, 2.05) is 20.0 Å². The zero-order valence-electron chi connectivity index (χ0n) is 9.71. The molecule has 0 fully saturated rings. The van der Waals surface area contributed by atoms with Crippen molar-refractivity contribution in [2.75, 3.05) is 7.05 Å². The van der Waals surface area contributed by atoms with E-state index in [-0.39, 0.29) is 5.91 Å². The number of rotatable bonds is 1. The van der Waals surface area contributed by atoms with Gasteiger partial charge >= 0.3 is 0 Å². The van der Waals surface area contributed by atoms with E-state index in [2.05, 4.69) is 14.9 Å². The van der Waals surface area contributed by atoms with Crippen LogP contribution in [-0.4, -0.2) is 22.5 Å². The minimum Gasteiger partial charge on any atom is -0.354 e. The van der Waals surface area contributed by atoms with Crippen LogP contribution in [0.2, 0.25) is 0 Å². The van der Waals surface area contributed by atoms with E-state index in [0.717, 1.165) is 18.8 Å². The normalized spacial score (nSPS) is 13.5. The number of hydrogen-bond donors (Lipinski definition) is 1. The molecule has 2 heterocycles. The minimum absolute atomic E-state index is 0.0955. The molecular formula is C11H19N3O. The molecule has 84 valence electrons. The molecule has 1 amide bonds. The van der Waals surface area contributed by atoms with Crippen molar-refractivity contribution in [3.8, 4) is 0 Å². The topological polar surface area (TPSA) is 46.9 Å². The lowest BCUT2D eigenvalue weighted by molar-refractivity contribution is 0.0958. The van der Waals surface area contributed by atoms with Crippen molar-refractivity contribution in [2.45, 2.75) is 39.7 Å². The van der Waals surface area contributed by atoms with Gasteiger partial charge in [-0.1, -0.05) is 13.8 Å². The molecule has 0 spiro atoms. The minimum atomic E-state index is -0.0955. The highest BCUT2D eigenvalue weighted by molar-refractivity contribution is 5.91. The lowest BCUT2D eigenvalue weighted by Gasteiger charge is -2.11. The summed E-state index contributed by atoms with van der Waals surface area (Å²) in [4.78, 5) is 15.5. The summed E-state index contributed by atoms with van der Waals surface area (Å²) in [6.07, 6.45) is 5.21. The van der Waals surface area contributed by atoms with Crippen molar-refractivity contribution >= 4 is 5.91 Å². The Morgan fingerprint density at radius 1 is 1.47 bits per heavy atom. The van der Waals surface area contributed by atoms with Crippen molar-refractivity contribution in [2.24, 2.45) is 0 Å². The SMILES string of the molecule is CC.CNC(=O)c1cn2c(n1)CCCC2. The number of aromatic nitrogens is 2. The van der Waals surface area contributed by atoms with Crippen LogP contribution in [0.3, 0.4) is 0 Å². The molecule has 1 aliphatic rings. The van der Waals surface area contributed by atoms with Crippen molar-refractivity contribution in [1.82, 2.24) is 14.9 Å². The predicted octanol–water partition coefficient (Wildman–Crippen LogP) is 1.61. The maximum Gasteiger partial charge on any atom is 0.271 e. The summed E-state index contributed by atoms with van der Waals surface area (Å²) in [6, 6.07) is 0. The van der Waals surface area contributed by atoms with Gasteiger partial charge in [-0.3, -0.25) is 4.79 Å². The van der Waals surface area contributed by atoms with Crippen LogP contribution in [-0.2, 0) is 13.0 Å². The Balaban J connectivity index is 0.000000531. The van der Waals surface area contributed by atoms with Crippen LogP contribution in [0, 0.1) is 0 Å². The number of aryl methyl sites for hydroxylation is 2. The number of nitrogens with one attached hydrogen (secondary N) is 1. The first-order chi connectivity index (χ1) is 7.31. The molecule has 1 aromatic heterocycles. The lowest BCUT2D eigenvalue weighted by atomic mass is 10.2. The number of amides is 1. The van der Waals surface area contributed by atoms with Gasteiger partial charge < -0.3 is 9.88 Å². The van der Waals surface area contributed by atoms with Gasteiger partial charge in [0.05, 0.1) is 0 Å². The predicted molar refractivity (Wildman–Crippen MR) is 59.9 cm³/mol. The summed E-state index contributed by atoms with van der Waals surface area (Å²) in [5, 5.41) is 2.58. The quantitative estimate of drug-likeness (QED) is 0.763. The average Bonchev–Trinajstić information content (AvgIpc) is 2.74. The molecule has 0 aliphatic carbocycles. The molecule has 0 aromatic carbocycles. The zero-order chi connectivity index (χ0) is 11.3. The molecule has 0 bridgehead atoms. The molecule has 1 aliphatic heterocycles. The molecule has 0 saturated carbocycles. The van der Waals surface area contributed by atoms with E-state index < -0.39 is 0 Å². The number of carbonyl (C=O) groups is 1. The van der Waals surface area contributed by atoms with Crippen LogP contribution in [0.1, 0.15) is 43.0 Å². The highest BCUT2D eigenvalue weighted by Gasteiger charge is 2.15. The summed E-state index contributed by atoms with van der Waals surface area (Å²) in [7, 11) is 1.63. The summed E-state index contributed by atoms with van der Waals surface area (Å²) in [6.45, 7) is 5.00. The fraction of sp³-hybridized carbons (Fsp3) is 0.636. The molecule has 1 aromatic rings. The van der Waals surface area contributed by atoms with Crippen molar-refractivity contribution < 1.29 is 4.79 Å². The standard InChI is InChI=1S/C9H13N3O.C2H6/c1-10-9(13)7-6-12-5-3-2-4-8(12)11-7;1-2/h6H,2-5H2,1H3,(H,10,13);1-2H3. The van der Waals surface area contributed by atoms with Gasteiger partial charge in [-0.05, 0) is 12.8 Å². The van der Waals surface area contributed by atoms with E-state index in [0.29, 0.717) is 5.69 Å². The molecule has 4 nitrogen and oxygen atoms in total. The summed E-state index contributed by atoms with van der Waals surface area (Å²) in [5.41, 5.74) is 0.541. The maximum absolute atomic E-state index is 11.2. The van der Waals surface area contributed by atoms with Crippen LogP contribution in [0.5, 0.6) is 0 Å². The van der Waals surface area contributed by atoms with Crippen molar-refractivity contribution in [3.05, 3.63) is 17.7 Å². The highest BCUT2D eigenvalue weighted by atomic mass is 16.1. The molecule has 0 saturated heterocycles. The monoisotopic (exact) mass is 209 g/mol. The van der Waals surface area contributed by atoms with Gasteiger partial charge in [0.1, 0.15) is 11.5 Å². The van der Waals surface area contributed by atoms with Crippen LogP contribution in [0.25, 0.3) is 0 Å². The Bertz CT molecular complexity index is 307. The van der Waals surface area contributed by atoms with E-state index >= 15 is 0 Å².